The van der Waals surface area contributed by atoms with E-state index in [0.29, 0.717) is 35.2 Å². The number of benzene rings is 1. The molecule has 8 heteroatoms. The van der Waals surface area contributed by atoms with Gasteiger partial charge in [0.05, 0.1) is 17.9 Å². The summed E-state index contributed by atoms with van der Waals surface area (Å²) in [5.41, 5.74) is 2.12. The highest BCUT2D eigenvalue weighted by Crippen LogP contribution is 2.41. The first-order chi connectivity index (χ1) is 15.1. The van der Waals surface area contributed by atoms with Crippen LogP contribution in [0.25, 0.3) is 22.3 Å². The lowest BCUT2D eigenvalue weighted by Gasteiger charge is -2.25. The normalized spacial score (nSPS) is 18.0. The Morgan fingerprint density at radius 2 is 2.09 bits per heavy atom. The van der Waals surface area contributed by atoms with E-state index in [1.165, 1.54) is 12.8 Å². The summed E-state index contributed by atoms with van der Waals surface area (Å²) in [6.45, 7) is 2.41. The van der Waals surface area contributed by atoms with E-state index in [2.05, 4.69) is 15.3 Å². The third kappa shape index (κ3) is 4.29. The van der Waals surface area contributed by atoms with Crippen LogP contribution in [0.5, 0.6) is 11.5 Å². The number of nitriles is 1. The number of hydrogen-bond donors (Lipinski definition) is 3. The van der Waals surface area contributed by atoms with Gasteiger partial charge >= 0.3 is 0 Å². The van der Waals surface area contributed by atoms with Crippen LogP contribution in [-0.2, 0) is 0 Å². The van der Waals surface area contributed by atoms with Crippen molar-refractivity contribution < 1.29 is 9.84 Å². The van der Waals surface area contributed by atoms with Crippen molar-refractivity contribution in [2.75, 3.05) is 19.7 Å². The molecule has 1 unspecified atom stereocenters. The average Bonchev–Trinajstić information content (AvgIpc) is 3.61. The highest BCUT2D eigenvalue weighted by atomic mass is 35.5. The van der Waals surface area contributed by atoms with Crippen molar-refractivity contribution in [2.24, 2.45) is 5.92 Å². The zero-order valence-electron chi connectivity index (χ0n) is 17.6. The van der Waals surface area contributed by atoms with Crippen molar-refractivity contribution in [1.29, 1.82) is 5.26 Å². The molecule has 3 N–H and O–H groups in total. The highest BCUT2D eigenvalue weighted by Gasteiger charge is 2.25. The molecular formula is C24H25ClN4O3. The molecule has 1 saturated carbocycles. The molecule has 0 amide bonds. The number of H-pyrrole nitrogens is 1. The molecule has 3 heterocycles. The van der Waals surface area contributed by atoms with Gasteiger partial charge in [0.2, 0.25) is 0 Å². The first-order valence-electron chi connectivity index (χ1n) is 10.8. The van der Waals surface area contributed by atoms with Crippen molar-refractivity contribution in [2.45, 2.75) is 31.6 Å². The molecule has 166 valence electrons. The number of nitrogens with zero attached hydrogens (tertiary/aromatic N) is 2. The summed E-state index contributed by atoms with van der Waals surface area (Å²) in [4.78, 5) is 19.8. The van der Waals surface area contributed by atoms with Gasteiger partial charge in [0.15, 0.2) is 0 Å². The molecule has 2 aromatic heterocycles. The summed E-state index contributed by atoms with van der Waals surface area (Å²) in [6, 6.07) is 10.8. The molecule has 0 radical (unpaired) electrons. The molecule has 3 aromatic rings. The van der Waals surface area contributed by atoms with Gasteiger partial charge in [-0.3, -0.25) is 4.79 Å². The second-order valence-electron chi connectivity index (χ2n) is 8.43. The van der Waals surface area contributed by atoms with E-state index in [9.17, 15) is 15.2 Å². The molecule has 1 saturated heterocycles. The van der Waals surface area contributed by atoms with Crippen molar-refractivity contribution in [3.63, 3.8) is 0 Å². The van der Waals surface area contributed by atoms with Crippen LogP contribution in [0.4, 0.5) is 0 Å². The van der Waals surface area contributed by atoms with Crippen LogP contribution < -0.4 is 15.6 Å². The molecule has 1 atom stereocenters. The third-order valence-electron chi connectivity index (χ3n) is 6.14. The SMILES string of the molecule is Cl.N#Cc1cc2c(C3CCCNC3)cc(-c3c(O)cccc3OCC3CC3)nc2[nH]c1=O. The van der Waals surface area contributed by atoms with E-state index in [4.69, 9.17) is 4.74 Å². The molecule has 7 nitrogen and oxygen atoms in total. The number of phenols is 1. The predicted octanol–water partition coefficient (Wildman–Crippen LogP) is 3.84. The first-order valence-corrected chi connectivity index (χ1v) is 10.8. The van der Waals surface area contributed by atoms with E-state index in [0.717, 1.165) is 36.9 Å². The molecule has 1 aromatic carbocycles. The Balaban J connectivity index is 0.00000245. The monoisotopic (exact) mass is 452 g/mol. The molecule has 1 aliphatic carbocycles. The van der Waals surface area contributed by atoms with E-state index in [1.807, 2.05) is 18.2 Å². The Bertz CT molecular complexity index is 1240. The lowest BCUT2D eigenvalue weighted by molar-refractivity contribution is 0.299. The number of phenolic OH excluding ortho intramolecular Hbond substituents is 1. The van der Waals surface area contributed by atoms with Gasteiger partial charge in [-0.05, 0) is 73.9 Å². The Morgan fingerprint density at radius 1 is 1.25 bits per heavy atom. The van der Waals surface area contributed by atoms with Crippen molar-refractivity contribution in [1.82, 2.24) is 15.3 Å². The maximum absolute atomic E-state index is 12.3. The molecule has 1 aliphatic heterocycles. The van der Waals surface area contributed by atoms with Crippen LogP contribution in [0.3, 0.4) is 0 Å². The van der Waals surface area contributed by atoms with E-state index in [-0.39, 0.29) is 29.6 Å². The average molecular weight is 453 g/mol. The van der Waals surface area contributed by atoms with Crippen LogP contribution in [0.2, 0.25) is 0 Å². The Hall–Kier alpha value is -3.08. The number of aromatic hydroxyl groups is 1. The molecule has 32 heavy (non-hydrogen) atoms. The highest BCUT2D eigenvalue weighted by molar-refractivity contribution is 5.86. The van der Waals surface area contributed by atoms with Gasteiger partial charge in [0.25, 0.3) is 5.56 Å². The summed E-state index contributed by atoms with van der Waals surface area (Å²) in [6.07, 6.45) is 4.39. The van der Waals surface area contributed by atoms with Crippen LogP contribution in [0, 0.1) is 17.2 Å². The fourth-order valence-corrected chi connectivity index (χ4v) is 4.26. The molecule has 2 aliphatic rings. The minimum absolute atomic E-state index is 0. The van der Waals surface area contributed by atoms with E-state index < -0.39 is 5.56 Å². The number of halogens is 1. The second-order valence-corrected chi connectivity index (χ2v) is 8.43. The van der Waals surface area contributed by atoms with Crippen LogP contribution in [0.15, 0.2) is 35.1 Å². The van der Waals surface area contributed by atoms with Gasteiger partial charge in [-0.2, -0.15) is 5.26 Å². The smallest absolute Gasteiger partial charge is 0.267 e. The number of aromatic amines is 1. The van der Waals surface area contributed by atoms with Crippen LogP contribution >= 0.6 is 12.4 Å². The Kier molecular flexibility index (Phi) is 6.35. The van der Waals surface area contributed by atoms with Gasteiger partial charge in [-0.15, -0.1) is 12.4 Å². The largest absolute Gasteiger partial charge is 0.507 e. The summed E-state index contributed by atoms with van der Waals surface area (Å²) in [5, 5.41) is 24.2. The zero-order chi connectivity index (χ0) is 21.4. The number of aromatic nitrogens is 2. The first kappa shape index (κ1) is 22.1. The number of nitrogens with one attached hydrogen (secondary N) is 2. The topological polar surface area (TPSA) is 111 Å². The van der Waals surface area contributed by atoms with Gasteiger partial charge in [0.1, 0.15) is 28.8 Å². The standard InChI is InChI=1S/C24H24N4O3.ClH/c25-11-16-9-18-17(15-3-2-8-26-12-15)10-19(27-23(18)28-24(16)30)22-20(29)4-1-5-21(22)31-13-14-6-7-14;/h1,4-5,9-10,14-15,26,29H,2-3,6-8,12-13H2,(H,27,28,30);1H. The summed E-state index contributed by atoms with van der Waals surface area (Å²) < 4.78 is 6.03. The Labute approximate surface area is 191 Å². The zero-order valence-corrected chi connectivity index (χ0v) is 18.4. The fourth-order valence-electron chi connectivity index (χ4n) is 4.26. The minimum Gasteiger partial charge on any atom is -0.507 e. The van der Waals surface area contributed by atoms with Crippen LogP contribution in [0.1, 0.15) is 42.7 Å². The molecular weight excluding hydrogens is 428 g/mol. The number of ether oxygens (including phenoxy) is 1. The van der Waals surface area contributed by atoms with Gasteiger partial charge in [0, 0.05) is 11.9 Å². The second kappa shape index (κ2) is 9.19. The van der Waals surface area contributed by atoms with Crippen molar-refractivity contribution in [3.05, 3.63) is 51.8 Å². The fraction of sp³-hybridized carbons (Fsp3) is 0.375. The maximum atomic E-state index is 12.3. The van der Waals surface area contributed by atoms with Crippen molar-refractivity contribution >= 4 is 23.4 Å². The predicted molar refractivity (Wildman–Crippen MR) is 124 cm³/mol. The number of hydrogen-bond acceptors (Lipinski definition) is 6. The summed E-state index contributed by atoms with van der Waals surface area (Å²) >= 11 is 0. The number of pyridine rings is 2. The van der Waals surface area contributed by atoms with Crippen molar-refractivity contribution in [3.8, 4) is 28.8 Å². The Morgan fingerprint density at radius 3 is 2.81 bits per heavy atom. The number of fused-ring (bicyclic) bond motifs is 1. The van der Waals surface area contributed by atoms with E-state index in [1.54, 1.807) is 18.2 Å². The minimum atomic E-state index is -0.463. The molecule has 2 fully saturated rings. The van der Waals surface area contributed by atoms with Gasteiger partial charge < -0.3 is 20.1 Å². The molecule has 5 rings (SSSR count). The van der Waals surface area contributed by atoms with E-state index >= 15 is 0 Å². The number of piperidine rings is 1. The lowest BCUT2D eigenvalue weighted by atomic mass is 9.88. The van der Waals surface area contributed by atoms with Gasteiger partial charge in [-0.25, -0.2) is 4.98 Å². The molecule has 0 spiro atoms. The third-order valence-corrected chi connectivity index (χ3v) is 6.14. The maximum Gasteiger partial charge on any atom is 0.267 e. The number of rotatable bonds is 5. The van der Waals surface area contributed by atoms with Gasteiger partial charge in [-0.1, -0.05) is 6.07 Å². The summed E-state index contributed by atoms with van der Waals surface area (Å²) in [7, 11) is 0. The lowest BCUT2D eigenvalue weighted by Crippen LogP contribution is -2.28. The summed E-state index contributed by atoms with van der Waals surface area (Å²) in [5.74, 6) is 1.47. The molecule has 0 bridgehead atoms. The quantitative estimate of drug-likeness (QED) is 0.542. The van der Waals surface area contributed by atoms with Crippen LogP contribution in [-0.4, -0.2) is 34.8 Å².